The Kier molecular flexibility index (Phi) is 3.63. The number of hydrogen-bond donors (Lipinski definition) is 1. The third-order valence-corrected chi connectivity index (χ3v) is 4.80. The van der Waals surface area contributed by atoms with Gasteiger partial charge in [-0.2, -0.15) is 5.26 Å². The molecule has 0 bridgehead atoms. The lowest BCUT2D eigenvalue weighted by Crippen LogP contribution is -2.40. The van der Waals surface area contributed by atoms with Crippen molar-refractivity contribution < 1.29 is 4.79 Å². The summed E-state index contributed by atoms with van der Waals surface area (Å²) in [6.45, 7) is 2.79. The predicted molar refractivity (Wildman–Crippen MR) is 83.3 cm³/mol. The van der Waals surface area contributed by atoms with Crippen molar-refractivity contribution in [3.63, 3.8) is 0 Å². The van der Waals surface area contributed by atoms with Gasteiger partial charge in [-0.1, -0.05) is 0 Å². The van der Waals surface area contributed by atoms with E-state index in [9.17, 15) is 4.79 Å². The standard InChI is InChI=1S/C16H15N3OS/c1-11-14-7-9-21-15(14)6-8-19(11)16(20)18-13-4-2-12(10-17)3-5-13/h2-5,7,9,11H,6,8H2,1H3,(H,18,20). The van der Waals surface area contributed by atoms with E-state index in [-0.39, 0.29) is 12.1 Å². The Labute approximate surface area is 127 Å². The fraction of sp³-hybridized carbons (Fsp3) is 0.250. The van der Waals surface area contributed by atoms with Gasteiger partial charge in [-0.3, -0.25) is 0 Å². The minimum atomic E-state index is -0.0935. The first-order valence-electron chi connectivity index (χ1n) is 6.83. The smallest absolute Gasteiger partial charge is 0.317 e. The summed E-state index contributed by atoms with van der Waals surface area (Å²) in [6, 6.07) is 11.1. The lowest BCUT2D eigenvalue weighted by molar-refractivity contribution is 0.189. The van der Waals surface area contributed by atoms with E-state index in [2.05, 4.69) is 29.8 Å². The van der Waals surface area contributed by atoms with E-state index in [1.165, 1.54) is 10.4 Å². The maximum atomic E-state index is 12.4. The topological polar surface area (TPSA) is 56.1 Å². The number of nitrogens with one attached hydrogen (secondary N) is 1. The van der Waals surface area contributed by atoms with Gasteiger partial charge < -0.3 is 10.2 Å². The monoisotopic (exact) mass is 297 g/mol. The summed E-state index contributed by atoms with van der Waals surface area (Å²) in [7, 11) is 0. The highest BCUT2D eigenvalue weighted by molar-refractivity contribution is 7.10. The summed E-state index contributed by atoms with van der Waals surface area (Å²) in [4.78, 5) is 15.7. The number of amides is 2. The van der Waals surface area contributed by atoms with E-state index in [4.69, 9.17) is 5.26 Å². The molecule has 2 heterocycles. The second-order valence-electron chi connectivity index (χ2n) is 5.04. The number of benzene rings is 1. The molecule has 1 unspecified atom stereocenters. The number of nitriles is 1. The van der Waals surface area contributed by atoms with Crippen molar-refractivity contribution in [2.75, 3.05) is 11.9 Å². The van der Waals surface area contributed by atoms with Gasteiger partial charge in [-0.15, -0.1) is 11.3 Å². The molecular weight excluding hydrogens is 282 g/mol. The van der Waals surface area contributed by atoms with Crippen molar-refractivity contribution >= 4 is 23.1 Å². The van der Waals surface area contributed by atoms with Crippen LogP contribution in [0.5, 0.6) is 0 Å². The quantitative estimate of drug-likeness (QED) is 0.871. The predicted octanol–water partition coefficient (Wildman–Crippen LogP) is 3.77. The minimum Gasteiger partial charge on any atom is -0.317 e. The molecule has 0 fully saturated rings. The van der Waals surface area contributed by atoms with Crippen molar-refractivity contribution in [3.8, 4) is 6.07 Å². The van der Waals surface area contributed by atoms with Gasteiger partial charge in [0.1, 0.15) is 0 Å². The first kappa shape index (κ1) is 13.7. The molecule has 2 aromatic rings. The van der Waals surface area contributed by atoms with E-state index in [0.29, 0.717) is 11.3 Å². The Morgan fingerprint density at radius 1 is 1.38 bits per heavy atom. The molecule has 0 saturated heterocycles. The van der Waals surface area contributed by atoms with Crippen LogP contribution in [0.15, 0.2) is 35.7 Å². The Hall–Kier alpha value is -2.32. The Morgan fingerprint density at radius 3 is 2.86 bits per heavy atom. The first-order chi connectivity index (χ1) is 10.2. The number of nitrogens with zero attached hydrogens (tertiary/aromatic N) is 2. The molecule has 4 nitrogen and oxygen atoms in total. The van der Waals surface area contributed by atoms with Crippen LogP contribution >= 0.6 is 11.3 Å². The van der Waals surface area contributed by atoms with Gasteiger partial charge >= 0.3 is 6.03 Å². The van der Waals surface area contributed by atoms with Crippen molar-refractivity contribution in [1.29, 1.82) is 5.26 Å². The molecule has 0 aliphatic carbocycles. The number of thiophene rings is 1. The highest BCUT2D eigenvalue weighted by Crippen LogP contribution is 2.33. The zero-order chi connectivity index (χ0) is 14.8. The molecule has 1 atom stereocenters. The summed E-state index contributed by atoms with van der Waals surface area (Å²) in [5.74, 6) is 0. The van der Waals surface area contributed by atoms with Crippen LogP contribution in [0.2, 0.25) is 0 Å². The second-order valence-corrected chi connectivity index (χ2v) is 6.04. The Morgan fingerprint density at radius 2 is 2.14 bits per heavy atom. The van der Waals surface area contributed by atoms with Crippen LogP contribution in [0.3, 0.4) is 0 Å². The summed E-state index contributed by atoms with van der Waals surface area (Å²) >= 11 is 1.76. The van der Waals surface area contributed by atoms with Gasteiger partial charge in [0, 0.05) is 17.1 Å². The molecule has 1 aliphatic rings. The maximum Gasteiger partial charge on any atom is 0.322 e. The molecule has 0 saturated carbocycles. The molecular formula is C16H15N3OS. The SMILES string of the molecule is CC1c2ccsc2CCN1C(=O)Nc1ccc(C#N)cc1. The number of hydrogen-bond acceptors (Lipinski definition) is 3. The van der Waals surface area contributed by atoms with E-state index in [1.807, 2.05) is 4.90 Å². The zero-order valence-corrected chi connectivity index (χ0v) is 12.5. The lowest BCUT2D eigenvalue weighted by Gasteiger charge is -2.33. The molecule has 5 heteroatoms. The molecule has 1 aromatic carbocycles. The van der Waals surface area contributed by atoms with Crippen LogP contribution in [0.1, 0.15) is 29.0 Å². The summed E-state index contributed by atoms with van der Waals surface area (Å²) in [5.41, 5.74) is 2.55. The van der Waals surface area contributed by atoms with Crippen LogP contribution in [0, 0.1) is 11.3 Å². The van der Waals surface area contributed by atoms with E-state index in [0.717, 1.165) is 13.0 Å². The summed E-state index contributed by atoms with van der Waals surface area (Å²) in [5, 5.41) is 13.8. The number of carbonyl (C=O) groups is 1. The number of fused-ring (bicyclic) bond motifs is 1. The second kappa shape index (κ2) is 5.58. The molecule has 0 radical (unpaired) electrons. The largest absolute Gasteiger partial charge is 0.322 e. The highest BCUT2D eigenvalue weighted by atomic mass is 32.1. The zero-order valence-electron chi connectivity index (χ0n) is 11.7. The summed E-state index contributed by atoms with van der Waals surface area (Å²) in [6.07, 6.45) is 0.915. The minimum absolute atomic E-state index is 0.0935. The highest BCUT2D eigenvalue weighted by Gasteiger charge is 2.28. The lowest BCUT2D eigenvalue weighted by atomic mass is 10.0. The number of rotatable bonds is 1. The van der Waals surface area contributed by atoms with Crippen LogP contribution in [0.25, 0.3) is 0 Å². The fourth-order valence-electron chi connectivity index (χ4n) is 2.61. The van der Waals surface area contributed by atoms with Crippen LogP contribution in [-0.2, 0) is 6.42 Å². The molecule has 1 aliphatic heterocycles. The Balaban J connectivity index is 1.72. The molecule has 2 amide bonds. The molecule has 0 spiro atoms. The molecule has 3 rings (SSSR count). The first-order valence-corrected chi connectivity index (χ1v) is 7.71. The number of anilines is 1. The van der Waals surface area contributed by atoms with E-state index in [1.54, 1.807) is 35.6 Å². The van der Waals surface area contributed by atoms with Crippen molar-refractivity contribution in [2.24, 2.45) is 0 Å². The average molecular weight is 297 g/mol. The molecule has 1 N–H and O–H groups in total. The van der Waals surface area contributed by atoms with Gasteiger partial charge in [-0.05, 0) is 54.6 Å². The van der Waals surface area contributed by atoms with Gasteiger partial charge in [0.15, 0.2) is 0 Å². The van der Waals surface area contributed by atoms with Crippen molar-refractivity contribution in [3.05, 3.63) is 51.7 Å². The van der Waals surface area contributed by atoms with Gasteiger partial charge in [-0.25, -0.2) is 4.79 Å². The number of carbonyl (C=O) groups excluding carboxylic acids is 1. The van der Waals surface area contributed by atoms with Crippen LogP contribution in [0.4, 0.5) is 10.5 Å². The van der Waals surface area contributed by atoms with Gasteiger partial charge in [0.25, 0.3) is 0 Å². The van der Waals surface area contributed by atoms with E-state index < -0.39 is 0 Å². The van der Waals surface area contributed by atoms with Crippen LogP contribution in [-0.4, -0.2) is 17.5 Å². The fourth-order valence-corrected chi connectivity index (χ4v) is 3.57. The number of urea groups is 1. The summed E-state index contributed by atoms with van der Waals surface area (Å²) < 4.78 is 0. The van der Waals surface area contributed by atoms with Gasteiger partial charge in [0.2, 0.25) is 0 Å². The van der Waals surface area contributed by atoms with Crippen molar-refractivity contribution in [1.82, 2.24) is 4.90 Å². The molecule has 21 heavy (non-hydrogen) atoms. The average Bonchev–Trinajstić information content (AvgIpc) is 2.98. The van der Waals surface area contributed by atoms with Crippen molar-refractivity contribution in [2.45, 2.75) is 19.4 Å². The normalized spacial score (nSPS) is 17.0. The Bertz CT molecular complexity index is 699. The molecule has 106 valence electrons. The van der Waals surface area contributed by atoms with Gasteiger partial charge in [0.05, 0.1) is 17.7 Å². The third kappa shape index (κ3) is 2.63. The maximum absolute atomic E-state index is 12.4. The van der Waals surface area contributed by atoms with Crippen LogP contribution < -0.4 is 5.32 Å². The third-order valence-electron chi connectivity index (χ3n) is 3.80. The van der Waals surface area contributed by atoms with E-state index >= 15 is 0 Å². The molecule has 1 aromatic heterocycles.